The first-order valence-corrected chi connectivity index (χ1v) is 6.73. The summed E-state index contributed by atoms with van der Waals surface area (Å²) in [4.78, 5) is 0. The normalized spacial score (nSPS) is 11.4. The average Bonchev–Trinajstić information content (AvgIpc) is 2.55. The minimum atomic E-state index is -4.45. The summed E-state index contributed by atoms with van der Waals surface area (Å²) in [6.45, 7) is 0. The molecular formula is C17H11F3N2O. The molecule has 0 fully saturated rings. The molecule has 0 amide bonds. The van der Waals surface area contributed by atoms with E-state index in [0.29, 0.717) is 16.7 Å². The Hall–Kier alpha value is -2.89. The number of phenolic OH excluding ortho intramolecular Hbond substituents is 1. The van der Waals surface area contributed by atoms with Gasteiger partial charge in [-0.2, -0.15) is 23.4 Å². The molecule has 3 nitrogen and oxygen atoms in total. The van der Waals surface area contributed by atoms with Crippen LogP contribution in [-0.2, 0) is 6.18 Å². The van der Waals surface area contributed by atoms with E-state index in [4.69, 9.17) is 0 Å². The van der Waals surface area contributed by atoms with E-state index in [-0.39, 0.29) is 11.3 Å². The van der Waals surface area contributed by atoms with E-state index in [1.165, 1.54) is 42.7 Å². The van der Waals surface area contributed by atoms with Gasteiger partial charge in [-0.25, -0.2) is 0 Å². The van der Waals surface area contributed by atoms with Crippen LogP contribution in [0, 0.1) is 0 Å². The molecule has 0 aliphatic heterocycles. The number of phenols is 1. The van der Waals surface area contributed by atoms with Crippen LogP contribution < -0.4 is 0 Å². The Balaban J connectivity index is 2.17. The Labute approximate surface area is 130 Å². The van der Waals surface area contributed by atoms with Crippen molar-refractivity contribution >= 4 is 0 Å². The fourth-order valence-electron chi connectivity index (χ4n) is 2.37. The molecule has 0 aliphatic carbocycles. The Bertz CT molecular complexity index is 833. The van der Waals surface area contributed by atoms with Gasteiger partial charge in [-0.1, -0.05) is 24.3 Å². The van der Waals surface area contributed by atoms with Gasteiger partial charge >= 0.3 is 6.18 Å². The van der Waals surface area contributed by atoms with Crippen LogP contribution in [0.15, 0.2) is 60.9 Å². The SMILES string of the molecule is Oc1ccc(-c2ccccc2C(F)(F)F)cc1-c1ccnnc1. The molecule has 1 N–H and O–H groups in total. The van der Waals surface area contributed by atoms with Crippen LogP contribution >= 0.6 is 0 Å². The fraction of sp³-hybridized carbons (Fsp3) is 0.0588. The highest BCUT2D eigenvalue weighted by Crippen LogP contribution is 2.39. The standard InChI is InChI=1S/C17H11F3N2O/c18-17(19,20)15-4-2-1-3-13(15)11-5-6-16(23)14(9-11)12-7-8-21-22-10-12/h1-10,23H. The largest absolute Gasteiger partial charge is 0.507 e. The van der Waals surface area contributed by atoms with Crippen LogP contribution in [0.25, 0.3) is 22.3 Å². The molecule has 3 rings (SSSR count). The minimum Gasteiger partial charge on any atom is -0.507 e. The summed E-state index contributed by atoms with van der Waals surface area (Å²) < 4.78 is 39.5. The van der Waals surface area contributed by atoms with Crippen LogP contribution in [0.1, 0.15) is 5.56 Å². The number of rotatable bonds is 2. The van der Waals surface area contributed by atoms with Crippen LogP contribution in [0.2, 0.25) is 0 Å². The quantitative estimate of drug-likeness (QED) is 0.755. The lowest BCUT2D eigenvalue weighted by Gasteiger charge is -2.14. The summed E-state index contributed by atoms with van der Waals surface area (Å²) in [5.74, 6) is -0.0359. The van der Waals surface area contributed by atoms with Gasteiger partial charge in [-0.05, 0) is 35.4 Å². The smallest absolute Gasteiger partial charge is 0.417 e. The van der Waals surface area contributed by atoms with Crippen LogP contribution in [0.4, 0.5) is 13.2 Å². The van der Waals surface area contributed by atoms with Gasteiger partial charge in [-0.3, -0.25) is 0 Å². The van der Waals surface area contributed by atoms with Crippen molar-refractivity contribution in [1.82, 2.24) is 10.2 Å². The minimum absolute atomic E-state index is 0.0359. The van der Waals surface area contributed by atoms with E-state index in [9.17, 15) is 18.3 Å². The number of alkyl halides is 3. The molecule has 2 aromatic carbocycles. The molecule has 0 spiro atoms. The lowest BCUT2D eigenvalue weighted by molar-refractivity contribution is -0.137. The van der Waals surface area contributed by atoms with Gasteiger partial charge in [0.2, 0.25) is 0 Å². The summed E-state index contributed by atoms with van der Waals surface area (Å²) in [7, 11) is 0. The van der Waals surface area contributed by atoms with Gasteiger partial charge in [0.15, 0.2) is 0 Å². The molecule has 0 saturated carbocycles. The maximum Gasteiger partial charge on any atom is 0.417 e. The van der Waals surface area contributed by atoms with Crippen molar-refractivity contribution in [2.45, 2.75) is 6.18 Å². The fourth-order valence-corrected chi connectivity index (χ4v) is 2.37. The first kappa shape index (κ1) is 15.0. The molecule has 3 aromatic rings. The highest BCUT2D eigenvalue weighted by molar-refractivity contribution is 5.78. The summed E-state index contributed by atoms with van der Waals surface area (Å²) in [5, 5.41) is 17.4. The topological polar surface area (TPSA) is 46.0 Å². The highest BCUT2D eigenvalue weighted by atomic mass is 19.4. The number of hydrogen-bond donors (Lipinski definition) is 1. The van der Waals surface area contributed by atoms with Gasteiger partial charge < -0.3 is 5.11 Å². The monoisotopic (exact) mass is 316 g/mol. The van der Waals surface area contributed by atoms with Gasteiger partial charge in [0.05, 0.1) is 18.0 Å². The zero-order chi connectivity index (χ0) is 16.4. The molecule has 1 heterocycles. The molecule has 0 unspecified atom stereocenters. The zero-order valence-corrected chi connectivity index (χ0v) is 11.7. The third kappa shape index (κ3) is 3.01. The Morgan fingerprint density at radius 3 is 2.30 bits per heavy atom. The summed E-state index contributed by atoms with van der Waals surface area (Å²) >= 11 is 0. The Morgan fingerprint density at radius 1 is 0.826 bits per heavy atom. The molecule has 0 saturated heterocycles. The average molecular weight is 316 g/mol. The lowest BCUT2D eigenvalue weighted by Crippen LogP contribution is -2.06. The van der Waals surface area contributed by atoms with Gasteiger partial charge in [0.1, 0.15) is 5.75 Å². The van der Waals surface area contributed by atoms with E-state index in [2.05, 4.69) is 10.2 Å². The molecule has 116 valence electrons. The number of aromatic nitrogens is 2. The molecule has 0 aliphatic rings. The predicted molar refractivity (Wildman–Crippen MR) is 79.6 cm³/mol. The van der Waals surface area contributed by atoms with Crippen molar-refractivity contribution in [2.75, 3.05) is 0 Å². The maximum absolute atomic E-state index is 13.2. The van der Waals surface area contributed by atoms with E-state index in [0.717, 1.165) is 6.07 Å². The van der Waals surface area contributed by atoms with Gasteiger partial charge in [0.25, 0.3) is 0 Å². The number of nitrogens with zero attached hydrogens (tertiary/aromatic N) is 2. The van der Waals surface area contributed by atoms with Crippen LogP contribution in [0.3, 0.4) is 0 Å². The van der Waals surface area contributed by atoms with Crippen molar-refractivity contribution in [3.8, 4) is 28.0 Å². The number of aromatic hydroxyl groups is 1. The highest BCUT2D eigenvalue weighted by Gasteiger charge is 2.33. The predicted octanol–water partition coefficient (Wildman–Crippen LogP) is 4.54. The molecule has 0 bridgehead atoms. The second-order valence-corrected chi connectivity index (χ2v) is 4.91. The van der Waals surface area contributed by atoms with Crippen molar-refractivity contribution in [1.29, 1.82) is 0 Å². The van der Waals surface area contributed by atoms with Crippen molar-refractivity contribution in [2.24, 2.45) is 0 Å². The summed E-state index contributed by atoms with van der Waals surface area (Å²) in [5.41, 5.74) is 0.675. The second kappa shape index (κ2) is 5.72. The number of halogens is 3. The second-order valence-electron chi connectivity index (χ2n) is 4.91. The first-order valence-electron chi connectivity index (χ1n) is 6.73. The zero-order valence-electron chi connectivity index (χ0n) is 11.7. The third-order valence-corrected chi connectivity index (χ3v) is 3.44. The number of hydrogen-bond acceptors (Lipinski definition) is 3. The van der Waals surface area contributed by atoms with Crippen molar-refractivity contribution < 1.29 is 18.3 Å². The lowest BCUT2D eigenvalue weighted by atomic mass is 9.95. The molecule has 0 atom stereocenters. The molecule has 1 aromatic heterocycles. The summed E-state index contributed by atoms with van der Waals surface area (Å²) in [6.07, 6.45) is -1.56. The first-order chi connectivity index (χ1) is 11.0. The molecule has 0 radical (unpaired) electrons. The molecular weight excluding hydrogens is 305 g/mol. The van der Waals surface area contributed by atoms with Crippen LogP contribution in [-0.4, -0.2) is 15.3 Å². The third-order valence-electron chi connectivity index (χ3n) is 3.44. The Kier molecular flexibility index (Phi) is 3.73. The van der Waals surface area contributed by atoms with E-state index in [1.54, 1.807) is 12.1 Å². The van der Waals surface area contributed by atoms with E-state index >= 15 is 0 Å². The van der Waals surface area contributed by atoms with Gasteiger partial charge in [0, 0.05) is 11.1 Å². The van der Waals surface area contributed by atoms with Crippen molar-refractivity contribution in [3.05, 3.63) is 66.5 Å². The maximum atomic E-state index is 13.2. The van der Waals surface area contributed by atoms with Crippen molar-refractivity contribution in [3.63, 3.8) is 0 Å². The summed E-state index contributed by atoms with van der Waals surface area (Å²) in [6, 6.07) is 11.3. The molecule has 23 heavy (non-hydrogen) atoms. The van der Waals surface area contributed by atoms with E-state index in [1.807, 2.05) is 0 Å². The van der Waals surface area contributed by atoms with E-state index < -0.39 is 11.7 Å². The number of benzene rings is 2. The van der Waals surface area contributed by atoms with Crippen LogP contribution in [0.5, 0.6) is 5.75 Å². The molecule has 6 heteroatoms. The van der Waals surface area contributed by atoms with Gasteiger partial charge in [-0.15, -0.1) is 0 Å². The Morgan fingerprint density at radius 2 is 1.61 bits per heavy atom.